The summed E-state index contributed by atoms with van der Waals surface area (Å²) in [5, 5.41) is 0.644. The fraction of sp³-hybridized carbons (Fsp3) is 0.458. The number of halogens is 1. The quantitative estimate of drug-likeness (QED) is 0.606. The van der Waals surface area contributed by atoms with Gasteiger partial charge < -0.3 is 14.4 Å². The Bertz CT molecular complexity index is 861. The van der Waals surface area contributed by atoms with Gasteiger partial charge in [-0.15, -0.1) is 0 Å². The SMILES string of the molecule is COCCOc1ccc(C(C)N2CCN(C(=O)c3ccc(Cl)cc3)CC2)c(C)c1C. The number of piperazine rings is 1. The fourth-order valence-electron chi connectivity index (χ4n) is 3.94. The first-order valence-corrected chi connectivity index (χ1v) is 10.8. The molecule has 1 fully saturated rings. The molecule has 1 heterocycles. The Morgan fingerprint density at radius 1 is 1.00 bits per heavy atom. The zero-order chi connectivity index (χ0) is 21.7. The lowest BCUT2D eigenvalue weighted by atomic mass is 9.96. The Morgan fingerprint density at radius 3 is 2.30 bits per heavy atom. The van der Waals surface area contributed by atoms with Crippen molar-refractivity contribution in [1.82, 2.24) is 9.80 Å². The number of ether oxygens (including phenoxy) is 2. The summed E-state index contributed by atoms with van der Waals surface area (Å²) in [6.07, 6.45) is 0. The van der Waals surface area contributed by atoms with Gasteiger partial charge >= 0.3 is 0 Å². The molecule has 2 aromatic carbocycles. The number of nitrogens with zero attached hydrogens (tertiary/aromatic N) is 2. The largest absolute Gasteiger partial charge is 0.491 e. The lowest BCUT2D eigenvalue weighted by Crippen LogP contribution is -2.49. The van der Waals surface area contributed by atoms with E-state index in [0.717, 1.165) is 31.9 Å². The second-order valence-corrected chi connectivity index (χ2v) is 8.19. The highest BCUT2D eigenvalue weighted by Crippen LogP contribution is 2.31. The predicted octanol–water partition coefficient (Wildman–Crippen LogP) is 4.50. The van der Waals surface area contributed by atoms with Gasteiger partial charge in [0, 0.05) is 49.9 Å². The molecule has 1 saturated heterocycles. The van der Waals surface area contributed by atoms with Gasteiger partial charge in [0.1, 0.15) is 12.4 Å². The molecule has 0 bridgehead atoms. The van der Waals surface area contributed by atoms with Crippen LogP contribution in [-0.2, 0) is 4.74 Å². The second-order valence-electron chi connectivity index (χ2n) is 7.76. The van der Waals surface area contributed by atoms with Gasteiger partial charge in [0.05, 0.1) is 6.61 Å². The number of hydrogen-bond acceptors (Lipinski definition) is 4. The molecule has 0 saturated carbocycles. The number of benzene rings is 2. The molecular weight excluding hydrogens is 400 g/mol. The standard InChI is InChI=1S/C24H31ClN2O3/c1-17-18(2)23(30-16-15-29-4)10-9-22(17)19(3)26-11-13-27(14-12-26)24(28)20-5-7-21(25)8-6-20/h5-10,19H,11-16H2,1-4H3. The zero-order valence-electron chi connectivity index (χ0n) is 18.3. The third-order valence-electron chi connectivity index (χ3n) is 6.01. The number of carbonyl (C=O) groups excluding carboxylic acids is 1. The minimum Gasteiger partial charge on any atom is -0.491 e. The third kappa shape index (κ3) is 5.15. The Balaban J connectivity index is 1.62. The van der Waals surface area contributed by atoms with Crippen LogP contribution in [0.5, 0.6) is 5.75 Å². The van der Waals surface area contributed by atoms with Crippen molar-refractivity contribution in [3.63, 3.8) is 0 Å². The summed E-state index contributed by atoms with van der Waals surface area (Å²) in [6, 6.07) is 11.6. The molecule has 0 aromatic heterocycles. The van der Waals surface area contributed by atoms with Crippen molar-refractivity contribution in [2.75, 3.05) is 46.5 Å². The van der Waals surface area contributed by atoms with Crippen molar-refractivity contribution in [1.29, 1.82) is 0 Å². The van der Waals surface area contributed by atoms with E-state index in [9.17, 15) is 4.79 Å². The van der Waals surface area contributed by atoms with Gasteiger partial charge in [0.25, 0.3) is 5.91 Å². The Labute approximate surface area is 184 Å². The molecule has 0 N–H and O–H groups in total. The highest BCUT2D eigenvalue weighted by atomic mass is 35.5. The van der Waals surface area contributed by atoms with Crippen LogP contribution in [0.25, 0.3) is 0 Å². The normalized spacial score (nSPS) is 15.8. The molecule has 1 atom stereocenters. The summed E-state index contributed by atoms with van der Waals surface area (Å²) in [6.45, 7) is 10.8. The number of rotatable bonds is 7. The van der Waals surface area contributed by atoms with E-state index < -0.39 is 0 Å². The molecule has 1 aliphatic heterocycles. The van der Waals surface area contributed by atoms with Crippen molar-refractivity contribution < 1.29 is 14.3 Å². The van der Waals surface area contributed by atoms with Gasteiger partial charge in [-0.05, 0) is 67.8 Å². The average Bonchev–Trinajstić information content (AvgIpc) is 2.76. The number of methoxy groups -OCH3 is 1. The van der Waals surface area contributed by atoms with Gasteiger partial charge in [-0.25, -0.2) is 0 Å². The van der Waals surface area contributed by atoms with E-state index >= 15 is 0 Å². The maximum Gasteiger partial charge on any atom is 0.253 e. The Morgan fingerprint density at radius 2 is 1.67 bits per heavy atom. The molecule has 2 aromatic rings. The molecule has 5 nitrogen and oxygen atoms in total. The molecule has 0 aliphatic carbocycles. The molecule has 162 valence electrons. The maximum atomic E-state index is 12.7. The van der Waals surface area contributed by atoms with Gasteiger partial charge in [-0.3, -0.25) is 9.69 Å². The van der Waals surface area contributed by atoms with Crippen molar-refractivity contribution in [3.8, 4) is 5.75 Å². The van der Waals surface area contributed by atoms with Crippen LogP contribution < -0.4 is 4.74 Å². The highest BCUT2D eigenvalue weighted by Gasteiger charge is 2.26. The molecule has 3 rings (SSSR count). The zero-order valence-corrected chi connectivity index (χ0v) is 19.0. The summed E-state index contributed by atoms with van der Waals surface area (Å²) >= 11 is 5.93. The Kier molecular flexibility index (Phi) is 7.75. The highest BCUT2D eigenvalue weighted by molar-refractivity contribution is 6.30. The van der Waals surface area contributed by atoms with Crippen LogP contribution in [0.4, 0.5) is 0 Å². The van der Waals surface area contributed by atoms with E-state index in [1.165, 1.54) is 16.7 Å². The van der Waals surface area contributed by atoms with E-state index in [4.69, 9.17) is 21.1 Å². The molecule has 1 aliphatic rings. The number of hydrogen-bond donors (Lipinski definition) is 0. The minimum absolute atomic E-state index is 0.0727. The summed E-state index contributed by atoms with van der Waals surface area (Å²) in [4.78, 5) is 17.1. The first kappa shape index (κ1) is 22.6. The predicted molar refractivity (Wildman–Crippen MR) is 121 cm³/mol. The van der Waals surface area contributed by atoms with Crippen LogP contribution in [0.3, 0.4) is 0 Å². The maximum absolute atomic E-state index is 12.7. The van der Waals surface area contributed by atoms with Crippen molar-refractivity contribution in [3.05, 3.63) is 63.7 Å². The summed E-state index contributed by atoms with van der Waals surface area (Å²) in [5.74, 6) is 0.988. The molecule has 1 unspecified atom stereocenters. The van der Waals surface area contributed by atoms with E-state index in [-0.39, 0.29) is 11.9 Å². The van der Waals surface area contributed by atoms with Gasteiger partial charge in [0.15, 0.2) is 0 Å². The van der Waals surface area contributed by atoms with Crippen LogP contribution in [0.2, 0.25) is 5.02 Å². The Hall–Kier alpha value is -2.08. The van der Waals surface area contributed by atoms with E-state index in [1.807, 2.05) is 4.90 Å². The summed E-state index contributed by atoms with van der Waals surface area (Å²) in [7, 11) is 1.68. The van der Waals surface area contributed by atoms with Crippen molar-refractivity contribution in [2.45, 2.75) is 26.8 Å². The minimum atomic E-state index is 0.0727. The second kappa shape index (κ2) is 10.3. The molecule has 30 heavy (non-hydrogen) atoms. The lowest BCUT2D eigenvalue weighted by Gasteiger charge is -2.39. The number of carbonyl (C=O) groups is 1. The molecule has 0 spiro atoms. The van der Waals surface area contributed by atoms with Crippen molar-refractivity contribution >= 4 is 17.5 Å². The van der Waals surface area contributed by atoms with Gasteiger partial charge in [-0.2, -0.15) is 0 Å². The van der Waals surface area contributed by atoms with Crippen LogP contribution in [-0.4, -0.2) is 62.2 Å². The number of amides is 1. The summed E-state index contributed by atoms with van der Waals surface area (Å²) in [5.41, 5.74) is 4.43. The van der Waals surface area contributed by atoms with Crippen LogP contribution in [0, 0.1) is 13.8 Å². The van der Waals surface area contributed by atoms with E-state index in [1.54, 1.807) is 31.4 Å². The molecular formula is C24H31ClN2O3. The van der Waals surface area contributed by atoms with Crippen molar-refractivity contribution in [2.24, 2.45) is 0 Å². The molecule has 6 heteroatoms. The first-order chi connectivity index (χ1) is 14.4. The molecule has 1 amide bonds. The van der Waals surface area contributed by atoms with Crippen LogP contribution >= 0.6 is 11.6 Å². The van der Waals surface area contributed by atoms with Crippen LogP contribution in [0.1, 0.15) is 40.0 Å². The van der Waals surface area contributed by atoms with Gasteiger partial charge in [-0.1, -0.05) is 17.7 Å². The first-order valence-electron chi connectivity index (χ1n) is 10.4. The van der Waals surface area contributed by atoms with E-state index in [0.29, 0.717) is 23.8 Å². The molecule has 0 radical (unpaired) electrons. The van der Waals surface area contributed by atoms with E-state index in [2.05, 4.69) is 37.8 Å². The summed E-state index contributed by atoms with van der Waals surface area (Å²) < 4.78 is 10.9. The fourth-order valence-corrected chi connectivity index (χ4v) is 4.07. The lowest BCUT2D eigenvalue weighted by molar-refractivity contribution is 0.0581. The monoisotopic (exact) mass is 430 g/mol. The van der Waals surface area contributed by atoms with Crippen LogP contribution in [0.15, 0.2) is 36.4 Å². The van der Waals surface area contributed by atoms with Gasteiger partial charge in [0.2, 0.25) is 0 Å². The topological polar surface area (TPSA) is 42.0 Å². The third-order valence-corrected chi connectivity index (χ3v) is 6.27. The smallest absolute Gasteiger partial charge is 0.253 e. The average molecular weight is 431 g/mol.